The van der Waals surface area contributed by atoms with Crippen LogP contribution in [-0.2, 0) is 4.74 Å². The highest BCUT2D eigenvalue weighted by Crippen LogP contribution is 2.41. The summed E-state index contributed by atoms with van der Waals surface area (Å²) in [7, 11) is 4.90. The van der Waals surface area contributed by atoms with Crippen molar-refractivity contribution in [3.63, 3.8) is 0 Å². The van der Waals surface area contributed by atoms with Gasteiger partial charge in [0.1, 0.15) is 0 Å². The highest BCUT2D eigenvalue weighted by molar-refractivity contribution is 9.09. The third kappa shape index (κ3) is 6.52. The van der Waals surface area contributed by atoms with Crippen LogP contribution in [0.1, 0.15) is 57.1 Å². The average molecular weight is 403 g/mol. The molecule has 0 amide bonds. The second kappa shape index (κ2) is 12.4. The van der Waals surface area contributed by atoms with Crippen LogP contribution >= 0.6 is 15.9 Å². The maximum Gasteiger partial charge on any atom is 0.203 e. The summed E-state index contributed by atoms with van der Waals surface area (Å²) in [5.41, 5.74) is 1.08. The van der Waals surface area contributed by atoms with Crippen molar-refractivity contribution in [3.05, 3.63) is 17.7 Å². The molecule has 1 rings (SSSR count). The van der Waals surface area contributed by atoms with Gasteiger partial charge in [0, 0.05) is 11.9 Å². The van der Waals surface area contributed by atoms with Crippen LogP contribution in [0.5, 0.6) is 17.2 Å². The summed E-state index contributed by atoms with van der Waals surface area (Å²) in [6.45, 7) is 2.95. The molecule has 138 valence electrons. The quantitative estimate of drug-likeness (QED) is 0.321. The van der Waals surface area contributed by atoms with Gasteiger partial charge in [-0.1, -0.05) is 42.1 Å². The number of methoxy groups -OCH3 is 3. The van der Waals surface area contributed by atoms with Crippen molar-refractivity contribution < 1.29 is 18.9 Å². The number of unbranched alkanes of at least 4 members (excludes halogenated alkanes) is 3. The van der Waals surface area contributed by atoms with Crippen molar-refractivity contribution in [3.8, 4) is 17.2 Å². The van der Waals surface area contributed by atoms with Gasteiger partial charge in [-0.2, -0.15) is 0 Å². The lowest BCUT2D eigenvalue weighted by molar-refractivity contribution is 0.0432. The van der Waals surface area contributed by atoms with E-state index in [1.165, 1.54) is 19.3 Å². The largest absolute Gasteiger partial charge is 0.493 e. The Morgan fingerprint density at radius 1 is 0.917 bits per heavy atom. The molecule has 0 aromatic heterocycles. The zero-order valence-electron chi connectivity index (χ0n) is 15.4. The molecule has 4 nitrogen and oxygen atoms in total. The van der Waals surface area contributed by atoms with Crippen LogP contribution in [-0.4, -0.2) is 33.3 Å². The van der Waals surface area contributed by atoms with Crippen molar-refractivity contribution in [1.29, 1.82) is 0 Å². The molecule has 1 unspecified atom stereocenters. The van der Waals surface area contributed by atoms with Gasteiger partial charge in [0.2, 0.25) is 5.75 Å². The van der Waals surface area contributed by atoms with Crippen molar-refractivity contribution in [2.24, 2.45) is 0 Å². The fraction of sp³-hybridized carbons (Fsp3) is 0.684. The van der Waals surface area contributed by atoms with Crippen LogP contribution in [0, 0.1) is 0 Å². The summed E-state index contributed by atoms with van der Waals surface area (Å²) in [5.74, 6) is 1.97. The van der Waals surface area contributed by atoms with E-state index in [-0.39, 0.29) is 6.10 Å². The Hall–Kier alpha value is -0.940. The van der Waals surface area contributed by atoms with Crippen LogP contribution in [0.25, 0.3) is 0 Å². The van der Waals surface area contributed by atoms with E-state index in [1.807, 2.05) is 12.1 Å². The zero-order chi connectivity index (χ0) is 17.8. The Morgan fingerprint density at radius 2 is 1.54 bits per heavy atom. The molecule has 0 aliphatic carbocycles. The third-order valence-corrected chi connectivity index (χ3v) is 4.52. The number of alkyl halides is 1. The summed E-state index contributed by atoms with van der Waals surface area (Å²) in [6.07, 6.45) is 6.87. The Bertz CT molecular complexity index is 440. The fourth-order valence-corrected chi connectivity index (χ4v) is 3.07. The summed E-state index contributed by atoms with van der Waals surface area (Å²) in [6, 6.07) is 3.99. The molecule has 0 N–H and O–H groups in total. The number of hydrogen-bond donors (Lipinski definition) is 0. The molecule has 0 bridgehead atoms. The molecule has 0 aliphatic heterocycles. The molecular formula is C19H31BrO4. The van der Waals surface area contributed by atoms with Crippen molar-refractivity contribution in [2.45, 2.75) is 51.6 Å². The van der Waals surface area contributed by atoms with Gasteiger partial charge in [0.25, 0.3) is 0 Å². The van der Waals surface area contributed by atoms with E-state index in [9.17, 15) is 0 Å². The van der Waals surface area contributed by atoms with Crippen LogP contribution in [0.2, 0.25) is 0 Å². The first-order valence-corrected chi connectivity index (χ1v) is 9.81. The van der Waals surface area contributed by atoms with Crippen molar-refractivity contribution in [2.75, 3.05) is 33.3 Å². The molecule has 24 heavy (non-hydrogen) atoms. The van der Waals surface area contributed by atoms with Crippen molar-refractivity contribution in [1.82, 2.24) is 0 Å². The molecule has 0 aliphatic rings. The first-order valence-electron chi connectivity index (χ1n) is 8.69. The molecule has 1 aromatic carbocycles. The van der Waals surface area contributed by atoms with Gasteiger partial charge >= 0.3 is 0 Å². The molecule has 1 aromatic rings. The Balaban J connectivity index is 2.79. The lowest BCUT2D eigenvalue weighted by atomic mass is 10.0. The minimum atomic E-state index is 0.0554. The topological polar surface area (TPSA) is 36.9 Å². The monoisotopic (exact) mass is 402 g/mol. The summed E-state index contributed by atoms with van der Waals surface area (Å²) in [4.78, 5) is 0. The second-order valence-corrected chi connectivity index (χ2v) is 6.50. The van der Waals surface area contributed by atoms with E-state index in [0.717, 1.165) is 36.8 Å². The van der Waals surface area contributed by atoms with Gasteiger partial charge in [-0.25, -0.2) is 0 Å². The van der Waals surface area contributed by atoms with Gasteiger partial charge in [-0.3, -0.25) is 0 Å². The van der Waals surface area contributed by atoms with E-state index in [0.29, 0.717) is 17.2 Å². The molecule has 0 radical (unpaired) electrons. The lowest BCUT2D eigenvalue weighted by Gasteiger charge is -2.21. The van der Waals surface area contributed by atoms with Gasteiger partial charge in [0.05, 0.1) is 27.4 Å². The summed E-state index contributed by atoms with van der Waals surface area (Å²) < 4.78 is 22.5. The van der Waals surface area contributed by atoms with E-state index in [4.69, 9.17) is 18.9 Å². The summed E-state index contributed by atoms with van der Waals surface area (Å²) >= 11 is 3.47. The molecule has 1 atom stereocenters. The van der Waals surface area contributed by atoms with Gasteiger partial charge in [-0.15, -0.1) is 0 Å². The number of halogens is 1. The molecule has 0 fully saturated rings. The van der Waals surface area contributed by atoms with Crippen LogP contribution in [0.4, 0.5) is 0 Å². The number of benzene rings is 1. The Morgan fingerprint density at radius 3 is 2.04 bits per heavy atom. The number of hydrogen-bond acceptors (Lipinski definition) is 4. The van der Waals surface area contributed by atoms with Gasteiger partial charge in [-0.05, 0) is 37.0 Å². The SMILES string of the molecule is CCCC(OCCCCCCBr)c1cc(OC)c(OC)c(OC)c1. The normalized spacial score (nSPS) is 12.0. The Kier molecular flexibility index (Phi) is 10.9. The van der Waals surface area contributed by atoms with E-state index < -0.39 is 0 Å². The van der Waals surface area contributed by atoms with Crippen LogP contribution in [0.3, 0.4) is 0 Å². The summed E-state index contributed by atoms with van der Waals surface area (Å²) in [5, 5.41) is 1.08. The molecule has 0 spiro atoms. The first kappa shape index (κ1) is 21.1. The highest BCUT2D eigenvalue weighted by Gasteiger charge is 2.18. The predicted molar refractivity (Wildman–Crippen MR) is 102 cm³/mol. The fourth-order valence-electron chi connectivity index (χ4n) is 2.67. The minimum absolute atomic E-state index is 0.0554. The van der Waals surface area contributed by atoms with Gasteiger partial charge < -0.3 is 18.9 Å². The van der Waals surface area contributed by atoms with Crippen LogP contribution in [0.15, 0.2) is 12.1 Å². The predicted octanol–water partition coefficient (Wildman–Crippen LogP) is 5.53. The smallest absolute Gasteiger partial charge is 0.203 e. The minimum Gasteiger partial charge on any atom is -0.493 e. The molecule has 0 heterocycles. The second-order valence-electron chi connectivity index (χ2n) is 5.71. The van der Waals surface area contributed by atoms with E-state index >= 15 is 0 Å². The number of rotatable bonds is 13. The molecule has 0 saturated heterocycles. The highest BCUT2D eigenvalue weighted by atomic mass is 79.9. The maximum absolute atomic E-state index is 6.16. The van der Waals surface area contributed by atoms with Gasteiger partial charge in [0.15, 0.2) is 11.5 Å². The van der Waals surface area contributed by atoms with Crippen molar-refractivity contribution >= 4 is 15.9 Å². The standard InChI is InChI=1S/C19H31BrO4/c1-5-10-16(24-12-9-7-6-8-11-20)15-13-17(21-2)19(23-4)18(14-15)22-3/h13-14,16H,5-12H2,1-4H3. The molecule has 0 saturated carbocycles. The van der Waals surface area contributed by atoms with E-state index in [1.54, 1.807) is 21.3 Å². The molecule has 5 heteroatoms. The maximum atomic E-state index is 6.16. The van der Waals surface area contributed by atoms with Crippen LogP contribution < -0.4 is 14.2 Å². The lowest BCUT2D eigenvalue weighted by Crippen LogP contribution is -2.07. The average Bonchev–Trinajstić information content (AvgIpc) is 2.62. The molecular weight excluding hydrogens is 372 g/mol. The van der Waals surface area contributed by atoms with E-state index in [2.05, 4.69) is 22.9 Å². The zero-order valence-corrected chi connectivity index (χ0v) is 17.0. The Labute approximate surface area is 154 Å². The number of ether oxygens (including phenoxy) is 4. The first-order chi connectivity index (χ1) is 11.7. The third-order valence-electron chi connectivity index (χ3n) is 3.96.